The van der Waals surface area contributed by atoms with Crippen molar-refractivity contribution in [3.63, 3.8) is 0 Å². The number of carbonyl (C=O) groups excluding carboxylic acids is 3. The molecule has 3 heterocycles. The van der Waals surface area contributed by atoms with Gasteiger partial charge in [-0.25, -0.2) is 4.98 Å². The molecule has 1 aromatic heterocycles. The Kier molecular flexibility index (Phi) is 4.86. The van der Waals surface area contributed by atoms with Gasteiger partial charge in [-0.2, -0.15) is 0 Å². The van der Waals surface area contributed by atoms with Crippen LogP contribution in [0.5, 0.6) is 0 Å². The first-order valence-electron chi connectivity index (χ1n) is 10.4. The molecular formula is C24H21ClN4O3. The van der Waals surface area contributed by atoms with Crippen molar-refractivity contribution in [3.8, 4) is 22.6 Å². The molecule has 0 saturated carbocycles. The predicted molar refractivity (Wildman–Crippen MR) is 120 cm³/mol. The number of piperidine rings is 1. The molecule has 2 aromatic carbocycles. The average molecular weight is 449 g/mol. The number of hydrogen-bond acceptors (Lipinski definition) is 4. The zero-order chi connectivity index (χ0) is 22.6. The van der Waals surface area contributed by atoms with Crippen molar-refractivity contribution in [2.75, 3.05) is 0 Å². The SMILES string of the molecule is Cc1ccc(-c2nc(-c3ccc4c(c3)CN(C3CCC(=O)NC3=O)C4=O)cn2C)cc1Cl. The van der Waals surface area contributed by atoms with Gasteiger partial charge in [0.25, 0.3) is 5.91 Å². The van der Waals surface area contributed by atoms with Gasteiger partial charge in [0.2, 0.25) is 11.8 Å². The third-order valence-corrected chi connectivity index (χ3v) is 6.53. The number of nitrogens with one attached hydrogen (secondary N) is 1. The summed E-state index contributed by atoms with van der Waals surface area (Å²) in [7, 11) is 1.93. The number of hydrogen-bond donors (Lipinski definition) is 1. The molecular weight excluding hydrogens is 428 g/mol. The number of imide groups is 1. The number of fused-ring (bicyclic) bond motifs is 1. The summed E-state index contributed by atoms with van der Waals surface area (Å²) in [4.78, 5) is 43.0. The van der Waals surface area contributed by atoms with Gasteiger partial charge in [-0.3, -0.25) is 19.7 Å². The lowest BCUT2D eigenvalue weighted by molar-refractivity contribution is -0.136. The van der Waals surface area contributed by atoms with Gasteiger partial charge in [-0.1, -0.05) is 29.8 Å². The topological polar surface area (TPSA) is 84.3 Å². The number of halogens is 1. The molecule has 5 rings (SSSR count). The number of nitrogens with zero attached hydrogens (tertiary/aromatic N) is 3. The molecule has 7 nitrogen and oxygen atoms in total. The van der Waals surface area contributed by atoms with Gasteiger partial charge in [0.05, 0.1) is 5.69 Å². The van der Waals surface area contributed by atoms with Crippen LogP contribution >= 0.6 is 11.6 Å². The number of imidazole rings is 1. The monoisotopic (exact) mass is 448 g/mol. The highest BCUT2D eigenvalue weighted by molar-refractivity contribution is 6.31. The highest BCUT2D eigenvalue weighted by Gasteiger charge is 2.39. The van der Waals surface area contributed by atoms with E-state index in [4.69, 9.17) is 16.6 Å². The Morgan fingerprint density at radius 2 is 1.88 bits per heavy atom. The van der Waals surface area contributed by atoms with E-state index >= 15 is 0 Å². The second kappa shape index (κ2) is 7.60. The Bertz CT molecular complexity index is 1300. The van der Waals surface area contributed by atoms with Crippen LogP contribution in [0.15, 0.2) is 42.6 Å². The van der Waals surface area contributed by atoms with Gasteiger partial charge in [-0.05, 0) is 42.7 Å². The molecule has 0 radical (unpaired) electrons. The zero-order valence-electron chi connectivity index (χ0n) is 17.7. The molecule has 162 valence electrons. The van der Waals surface area contributed by atoms with E-state index in [2.05, 4.69) is 5.32 Å². The molecule has 8 heteroatoms. The number of benzene rings is 2. The molecule has 3 aromatic rings. The maximum atomic E-state index is 12.9. The largest absolute Gasteiger partial charge is 0.333 e. The summed E-state index contributed by atoms with van der Waals surface area (Å²) in [6.45, 7) is 2.29. The molecule has 0 spiro atoms. The second-order valence-electron chi connectivity index (χ2n) is 8.30. The van der Waals surface area contributed by atoms with Crippen LogP contribution in [0.4, 0.5) is 0 Å². The van der Waals surface area contributed by atoms with E-state index in [1.54, 1.807) is 11.0 Å². The van der Waals surface area contributed by atoms with Crippen molar-refractivity contribution in [3.05, 3.63) is 64.3 Å². The van der Waals surface area contributed by atoms with Crippen molar-refractivity contribution in [2.24, 2.45) is 7.05 Å². The number of amides is 3. The molecule has 1 saturated heterocycles. The number of carbonyl (C=O) groups is 3. The van der Waals surface area contributed by atoms with E-state index in [0.717, 1.165) is 33.8 Å². The van der Waals surface area contributed by atoms with Gasteiger partial charge < -0.3 is 9.47 Å². The van der Waals surface area contributed by atoms with E-state index in [-0.39, 0.29) is 18.2 Å². The maximum Gasteiger partial charge on any atom is 0.255 e. The van der Waals surface area contributed by atoms with Gasteiger partial charge in [0.1, 0.15) is 11.9 Å². The van der Waals surface area contributed by atoms with Crippen molar-refractivity contribution in [1.29, 1.82) is 0 Å². The predicted octanol–water partition coefficient (Wildman–Crippen LogP) is 3.48. The van der Waals surface area contributed by atoms with E-state index in [9.17, 15) is 14.4 Å². The van der Waals surface area contributed by atoms with E-state index in [1.807, 2.05) is 55.1 Å². The van der Waals surface area contributed by atoms with E-state index in [0.29, 0.717) is 23.6 Å². The van der Waals surface area contributed by atoms with Crippen LogP contribution in [0.25, 0.3) is 22.6 Å². The Labute approximate surface area is 190 Å². The van der Waals surface area contributed by atoms with E-state index < -0.39 is 11.9 Å². The summed E-state index contributed by atoms with van der Waals surface area (Å²) in [5.74, 6) is -0.0898. The Balaban J connectivity index is 1.44. The summed E-state index contributed by atoms with van der Waals surface area (Å²) in [6, 6.07) is 10.9. The van der Waals surface area contributed by atoms with Gasteiger partial charge in [0, 0.05) is 47.9 Å². The average Bonchev–Trinajstić information content (AvgIpc) is 3.30. The molecule has 2 aliphatic heterocycles. The van der Waals surface area contributed by atoms with E-state index in [1.165, 1.54) is 0 Å². The molecule has 1 unspecified atom stereocenters. The van der Waals surface area contributed by atoms with Gasteiger partial charge in [0.15, 0.2) is 0 Å². The highest BCUT2D eigenvalue weighted by Crippen LogP contribution is 2.32. The van der Waals surface area contributed by atoms with Crippen LogP contribution in [-0.4, -0.2) is 38.2 Å². The zero-order valence-corrected chi connectivity index (χ0v) is 18.4. The fraction of sp³-hybridized carbons (Fsp3) is 0.250. The summed E-state index contributed by atoms with van der Waals surface area (Å²) >= 11 is 6.29. The molecule has 1 atom stereocenters. The fourth-order valence-corrected chi connectivity index (χ4v) is 4.52. The lowest BCUT2D eigenvalue weighted by Crippen LogP contribution is -2.52. The van der Waals surface area contributed by atoms with Crippen LogP contribution in [0, 0.1) is 6.92 Å². The second-order valence-corrected chi connectivity index (χ2v) is 8.70. The van der Waals surface area contributed by atoms with Gasteiger partial charge in [-0.15, -0.1) is 0 Å². The Morgan fingerprint density at radius 1 is 1.09 bits per heavy atom. The standard InChI is InChI=1S/C24H21ClN4O3/c1-13-3-4-15(10-18(13)25)22-26-19(12-28(22)2)14-5-6-17-16(9-14)11-29(24(17)32)20-7-8-21(30)27-23(20)31/h3-6,9-10,12,20H,7-8,11H2,1-2H3,(H,27,30,31). The minimum atomic E-state index is -0.621. The summed E-state index contributed by atoms with van der Waals surface area (Å²) in [5, 5.41) is 3.02. The minimum absolute atomic E-state index is 0.183. The first-order valence-corrected chi connectivity index (χ1v) is 10.8. The Morgan fingerprint density at radius 3 is 2.62 bits per heavy atom. The molecule has 2 aliphatic rings. The first-order chi connectivity index (χ1) is 15.3. The number of aryl methyl sites for hydroxylation is 2. The van der Waals surface area contributed by atoms with Crippen molar-refractivity contribution in [2.45, 2.75) is 32.4 Å². The quantitative estimate of drug-likeness (QED) is 0.622. The van der Waals surface area contributed by atoms with Crippen LogP contribution in [0.1, 0.15) is 34.3 Å². The molecule has 0 bridgehead atoms. The lowest BCUT2D eigenvalue weighted by Gasteiger charge is -2.29. The molecule has 1 N–H and O–H groups in total. The van der Waals surface area contributed by atoms with Crippen molar-refractivity contribution < 1.29 is 14.4 Å². The normalized spacial score (nSPS) is 18.2. The van der Waals surface area contributed by atoms with Crippen LogP contribution < -0.4 is 5.32 Å². The summed E-state index contributed by atoms with van der Waals surface area (Å²) < 4.78 is 1.95. The van der Waals surface area contributed by atoms with Gasteiger partial charge >= 0.3 is 0 Å². The molecule has 32 heavy (non-hydrogen) atoms. The molecule has 0 aliphatic carbocycles. The number of aromatic nitrogens is 2. The van der Waals surface area contributed by atoms with Crippen molar-refractivity contribution >= 4 is 29.3 Å². The third kappa shape index (κ3) is 3.39. The minimum Gasteiger partial charge on any atom is -0.333 e. The van der Waals surface area contributed by atoms with Crippen LogP contribution in [0.2, 0.25) is 5.02 Å². The maximum absolute atomic E-state index is 12.9. The first kappa shape index (κ1) is 20.5. The lowest BCUT2D eigenvalue weighted by atomic mass is 10.0. The third-order valence-electron chi connectivity index (χ3n) is 6.13. The van der Waals surface area contributed by atoms with Crippen LogP contribution in [0.3, 0.4) is 0 Å². The van der Waals surface area contributed by atoms with Crippen LogP contribution in [-0.2, 0) is 23.2 Å². The fourth-order valence-electron chi connectivity index (χ4n) is 4.34. The summed E-state index contributed by atoms with van der Waals surface area (Å²) in [6.07, 6.45) is 2.53. The number of rotatable bonds is 3. The Hall–Kier alpha value is -3.45. The highest BCUT2D eigenvalue weighted by atomic mass is 35.5. The molecule has 1 fully saturated rings. The van der Waals surface area contributed by atoms with Crippen molar-refractivity contribution in [1.82, 2.24) is 19.8 Å². The molecule has 3 amide bonds. The smallest absolute Gasteiger partial charge is 0.255 e. The summed E-state index contributed by atoms with van der Waals surface area (Å²) in [5.41, 5.74) is 5.04.